The summed E-state index contributed by atoms with van der Waals surface area (Å²) in [6, 6.07) is 8.67. The van der Waals surface area contributed by atoms with Gasteiger partial charge in [-0.1, -0.05) is 12.1 Å². The number of phenols is 1. The number of rotatable bonds is 2. The summed E-state index contributed by atoms with van der Waals surface area (Å²) in [5.41, 5.74) is -3.31. The van der Waals surface area contributed by atoms with E-state index >= 15 is 0 Å². The Labute approximate surface area is 151 Å². The Morgan fingerprint density at radius 3 is 2.33 bits per heavy atom. The van der Waals surface area contributed by atoms with Crippen LogP contribution in [0.2, 0.25) is 0 Å². The van der Waals surface area contributed by atoms with Gasteiger partial charge in [-0.05, 0) is 42.8 Å². The van der Waals surface area contributed by atoms with Gasteiger partial charge in [0.05, 0.1) is 22.9 Å². The number of nitriles is 1. The Bertz CT molecular complexity index is 980. The number of phenolic OH excluding ortho intramolecular Hbond substituents is 1. The Balaban J connectivity index is 2.06. The van der Waals surface area contributed by atoms with Gasteiger partial charge in [0.2, 0.25) is 0 Å². The molecule has 1 saturated heterocycles. The third-order valence-electron chi connectivity index (χ3n) is 4.32. The molecule has 0 unspecified atom stereocenters. The first-order chi connectivity index (χ1) is 12.6. The van der Waals surface area contributed by atoms with E-state index < -0.39 is 34.8 Å². The number of benzene rings is 2. The lowest BCUT2D eigenvalue weighted by Crippen LogP contribution is -2.40. The molecule has 2 aromatic rings. The molecule has 2 N–H and O–H groups in total. The Kier molecular flexibility index (Phi) is 4.07. The number of hydrogen-bond acceptors (Lipinski definition) is 4. The fraction of sp³-hybridized carbons (Fsp3) is 0.167. The molecule has 0 bridgehead atoms. The van der Waals surface area contributed by atoms with Crippen molar-refractivity contribution in [1.82, 2.24) is 5.32 Å². The van der Waals surface area contributed by atoms with Gasteiger partial charge in [0, 0.05) is 0 Å². The molecule has 6 nitrogen and oxygen atoms in total. The fourth-order valence-electron chi connectivity index (χ4n) is 2.87. The summed E-state index contributed by atoms with van der Waals surface area (Å²) in [5, 5.41) is 20.7. The Hall–Kier alpha value is -3.54. The first-order valence-electron chi connectivity index (χ1n) is 7.65. The number of carbonyl (C=O) groups is 2. The second-order valence-corrected chi connectivity index (χ2v) is 6.08. The predicted octanol–water partition coefficient (Wildman–Crippen LogP) is 3.25. The van der Waals surface area contributed by atoms with Crippen molar-refractivity contribution in [2.45, 2.75) is 18.6 Å². The molecule has 1 heterocycles. The highest BCUT2D eigenvalue weighted by molar-refractivity contribution is 6.23. The number of aromatic hydroxyl groups is 1. The summed E-state index contributed by atoms with van der Waals surface area (Å²) in [6.45, 7) is 1.41. The molecule has 0 saturated carbocycles. The molecule has 0 radical (unpaired) electrons. The van der Waals surface area contributed by atoms with Gasteiger partial charge >= 0.3 is 12.2 Å². The molecule has 1 aliphatic heterocycles. The fourth-order valence-corrected chi connectivity index (χ4v) is 2.87. The molecule has 0 aromatic heterocycles. The number of urea groups is 1. The van der Waals surface area contributed by atoms with Crippen LogP contribution in [0.25, 0.3) is 0 Å². The van der Waals surface area contributed by atoms with E-state index in [1.54, 1.807) is 0 Å². The van der Waals surface area contributed by atoms with E-state index in [9.17, 15) is 27.9 Å². The van der Waals surface area contributed by atoms with E-state index in [4.69, 9.17) is 5.26 Å². The van der Waals surface area contributed by atoms with Crippen LogP contribution < -0.4 is 10.2 Å². The Morgan fingerprint density at radius 1 is 1.15 bits per heavy atom. The van der Waals surface area contributed by atoms with E-state index in [2.05, 4.69) is 5.32 Å². The van der Waals surface area contributed by atoms with Gasteiger partial charge in [-0.2, -0.15) is 18.4 Å². The van der Waals surface area contributed by atoms with E-state index in [1.807, 2.05) is 0 Å². The molecule has 1 fully saturated rings. The van der Waals surface area contributed by atoms with E-state index in [-0.39, 0.29) is 11.4 Å². The first-order valence-corrected chi connectivity index (χ1v) is 7.65. The zero-order valence-corrected chi connectivity index (χ0v) is 13.8. The van der Waals surface area contributed by atoms with Gasteiger partial charge in [-0.25, -0.2) is 9.69 Å². The highest BCUT2D eigenvalue weighted by Crippen LogP contribution is 2.37. The summed E-state index contributed by atoms with van der Waals surface area (Å²) in [7, 11) is 0. The van der Waals surface area contributed by atoms with Gasteiger partial charge in [0.15, 0.2) is 0 Å². The predicted molar refractivity (Wildman–Crippen MR) is 87.6 cm³/mol. The van der Waals surface area contributed by atoms with Gasteiger partial charge in [0.1, 0.15) is 11.3 Å². The van der Waals surface area contributed by atoms with Crippen LogP contribution in [0.3, 0.4) is 0 Å². The number of imide groups is 1. The molecule has 3 rings (SSSR count). The lowest BCUT2D eigenvalue weighted by Gasteiger charge is -2.22. The average Bonchev–Trinajstić information content (AvgIpc) is 2.84. The first kappa shape index (κ1) is 18.3. The van der Waals surface area contributed by atoms with Crippen molar-refractivity contribution in [2.24, 2.45) is 0 Å². The quantitative estimate of drug-likeness (QED) is 0.788. The molecule has 3 amide bonds. The lowest BCUT2D eigenvalue weighted by molar-refractivity contribution is -0.137. The molecule has 0 aliphatic carbocycles. The smallest absolute Gasteiger partial charge is 0.417 e. The summed E-state index contributed by atoms with van der Waals surface area (Å²) < 4.78 is 39.5. The number of alkyl halides is 3. The van der Waals surface area contributed by atoms with Crippen molar-refractivity contribution in [3.05, 3.63) is 59.2 Å². The average molecular weight is 375 g/mol. The minimum atomic E-state index is -4.82. The maximum atomic E-state index is 13.2. The van der Waals surface area contributed by atoms with Crippen molar-refractivity contribution in [1.29, 1.82) is 5.26 Å². The normalized spacial score (nSPS) is 19.7. The van der Waals surface area contributed by atoms with E-state index in [0.29, 0.717) is 16.5 Å². The summed E-state index contributed by atoms with van der Waals surface area (Å²) in [6.07, 6.45) is -4.82. The van der Waals surface area contributed by atoms with Crippen LogP contribution in [0.1, 0.15) is 23.6 Å². The number of amides is 3. The molecule has 9 heteroatoms. The maximum absolute atomic E-state index is 13.2. The topological polar surface area (TPSA) is 93.4 Å². The molecule has 0 spiro atoms. The van der Waals surface area contributed by atoms with Crippen molar-refractivity contribution >= 4 is 17.6 Å². The minimum absolute atomic E-state index is 0.0436. The van der Waals surface area contributed by atoms with Crippen LogP contribution in [-0.4, -0.2) is 17.0 Å². The zero-order chi connectivity index (χ0) is 20.0. The summed E-state index contributed by atoms with van der Waals surface area (Å²) in [4.78, 5) is 25.8. The number of carbonyl (C=O) groups excluding carboxylic acids is 2. The number of nitrogens with zero attached hydrogens (tertiary/aromatic N) is 2. The number of nitrogens with one attached hydrogen (secondary N) is 1. The number of hydrogen-bond donors (Lipinski definition) is 2. The van der Waals surface area contributed by atoms with Crippen molar-refractivity contribution in [3.8, 4) is 11.8 Å². The largest absolute Gasteiger partial charge is 0.508 e. The minimum Gasteiger partial charge on any atom is -0.508 e. The van der Waals surface area contributed by atoms with Gasteiger partial charge in [0.25, 0.3) is 5.91 Å². The standard InChI is InChI=1S/C18H12F3N3O3/c1-17(11-3-6-13(25)7-4-11)15(26)24(16(27)23-17)12-5-2-10(9-22)14(8-12)18(19,20)21/h2-8,25H,1H3,(H,23,27)/t17-/m0/s1. The van der Waals surface area contributed by atoms with Crippen LogP contribution >= 0.6 is 0 Å². The number of anilines is 1. The second kappa shape index (κ2) is 6.02. The van der Waals surface area contributed by atoms with Crippen molar-refractivity contribution < 1.29 is 27.9 Å². The Morgan fingerprint density at radius 2 is 1.78 bits per heavy atom. The molecule has 27 heavy (non-hydrogen) atoms. The van der Waals surface area contributed by atoms with Crippen LogP contribution in [0.4, 0.5) is 23.7 Å². The van der Waals surface area contributed by atoms with Crippen LogP contribution in [0, 0.1) is 11.3 Å². The lowest BCUT2D eigenvalue weighted by atomic mass is 9.92. The highest BCUT2D eigenvalue weighted by atomic mass is 19.4. The third kappa shape index (κ3) is 2.95. The van der Waals surface area contributed by atoms with Gasteiger partial charge in [-0.3, -0.25) is 4.79 Å². The van der Waals surface area contributed by atoms with Crippen molar-refractivity contribution in [3.63, 3.8) is 0 Å². The van der Waals surface area contributed by atoms with Crippen LogP contribution in [-0.2, 0) is 16.5 Å². The number of halogens is 3. The highest BCUT2D eigenvalue weighted by Gasteiger charge is 2.50. The van der Waals surface area contributed by atoms with Crippen LogP contribution in [0.5, 0.6) is 5.75 Å². The van der Waals surface area contributed by atoms with E-state index in [0.717, 1.165) is 12.1 Å². The monoisotopic (exact) mass is 375 g/mol. The summed E-state index contributed by atoms with van der Waals surface area (Å²) >= 11 is 0. The molecular formula is C18H12F3N3O3. The van der Waals surface area contributed by atoms with Gasteiger partial charge < -0.3 is 10.4 Å². The molecule has 1 atom stereocenters. The molecule has 1 aliphatic rings. The maximum Gasteiger partial charge on any atom is 0.417 e. The molecule has 2 aromatic carbocycles. The van der Waals surface area contributed by atoms with Crippen molar-refractivity contribution in [2.75, 3.05) is 4.90 Å². The SMILES string of the molecule is C[C@@]1(c2ccc(O)cc2)NC(=O)N(c2ccc(C#N)c(C(F)(F)F)c2)C1=O. The summed E-state index contributed by atoms with van der Waals surface area (Å²) in [5.74, 6) is -0.825. The zero-order valence-electron chi connectivity index (χ0n) is 13.8. The van der Waals surface area contributed by atoms with Crippen LogP contribution in [0.15, 0.2) is 42.5 Å². The molecular weight excluding hydrogens is 363 g/mol. The van der Waals surface area contributed by atoms with E-state index in [1.165, 1.54) is 37.3 Å². The third-order valence-corrected chi connectivity index (χ3v) is 4.32. The second-order valence-electron chi connectivity index (χ2n) is 6.08. The molecule has 138 valence electrons. The van der Waals surface area contributed by atoms with Gasteiger partial charge in [-0.15, -0.1) is 0 Å².